The van der Waals surface area contributed by atoms with Gasteiger partial charge in [0.1, 0.15) is 28.4 Å². The number of anilines is 1. The lowest BCUT2D eigenvalue weighted by Crippen LogP contribution is -2.33. The normalized spacial score (nSPS) is 12.8. The minimum Gasteiger partial charge on any atom is -0.309 e. The van der Waals surface area contributed by atoms with Crippen molar-refractivity contribution in [2.45, 2.75) is 17.1 Å². The lowest BCUT2D eigenvalue weighted by Gasteiger charge is -2.14. The van der Waals surface area contributed by atoms with Crippen LogP contribution in [0, 0.1) is 11.6 Å². The van der Waals surface area contributed by atoms with E-state index in [0.717, 1.165) is 24.3 Å². The summed E-state index contributed by atoms with van der Waals surface area (Å²) >= 11 is 1.33. The van der Waals surface area contributed by atoms with Gasteiger partial charge >= 0.3 is 0 Å². The van der Waals surface area contributed by atoms with Crippen molar-refractivity contribution in [3.8, 4) is 11.3 Å². The van der Waals surface area contributed by atoms with Crippen LogP contribution in [0.2, 0.25) is 0 Å². The summed E-state index contributed by atoms with van der Waals surface area (Å²) in [5.74, 6) is -1.47. The van der Waals surface area contributed by atoms with E-state index < -0.39 is 32.6 Å². The number of aromatic nitrogens is 2. The summed E-state index contributed by atoms with van der Waals surface area (Å²) < 4.78 is 53.6. The number of nitrogens with one attached hydrogen (secondary N) is 1. The molecule has 0 fully saturated rings. The maximum atomic E-state index is 13.3. The molecule has 1 N–H and O–H groups in total. The van der Waals surface area contributed by atoms with Gasteiger partial charge in [0.05, 0.1) is 4.90 Å². The molecule has 4 rings (SSSR count). The van der Waals surface area contributed by atoms with Gasteiger partial charge in [-0.1, -0.05) is 0 Å². The number of thiazole rings is 1. The number of imidazole rings is 1. The van der Waals surface area contributed by atoms with Gasteiger partial charge in [0.25, 0.3) is 0 Å². The number of hydrogen-bond acceptors (Lipinski definition) is 5. The van der Waals surface area contributed by atoms with E-state index in [2.05, 4.69) is 10.3 Å². The van der Waals surface area contributed by atoms with E-state index in [4.69, 9.17) is 0 Å². The van der Waals surface area contributed by atoms with Crippen LogP contribution in [-0.4, -0.2) is 29.0 Å². The average molecular weight is 447 g/mol. The van der Waals surface area contributed by atoms with Crippen LogP contribution in [0.4, 0.5) is 14.6 Å². The van der Waals surface area contributed by atoms with E-state index in [1.807, 2.05) is 0 Å². The zero-order valence-electron chi connectivity index (χ0n) is 15.5. The predicted molar refractivity (Wildman–Crippen MR) is 110 cm³/mol. The number of benzene rings is 2. The van der Waals surface area contributed by atoms with Crippen LogP contribution < -0.4 is 5.32 Å². The van der Waals surface area contributed by atoms with Gasteiger partial charge in [-0.2, -0.15) is 0 Å². The molecule has 10 heteroatoms. The van der Waals surface area contributed by atoms with Crippen LogP contribution >= 0.6 is 11.3 Å². The molecule has 6 nitrogen and oxygen atoms in total. The Labute approximate surface area is 174 Å². The Bertz CT molecular complexity index is 1330. The summed E-state index contributed by atoms with van der Waals surface area (Å²) in [5, 5.41) is 2.97. The molecule has 0 aliphatic heterocycles. The number of halogens is 2. The molecule has 154 valence electrons. The van der Waals surface area contributed by atoms with Gasteiger partial charge in [0, 0.05) is 17.1 Å². The van der Waals surface area contributed by atoms with Crippen molar-refractivity contribution in [1.82, 2.24) is 9.38 Å². The van der Waals surface area contributed by atoms with Crippen LogP contribution in [0.5, 0.6) is 0 Å². The van der Waals surface area contributed by atoms with Gasteiger partial charge < -0.3 is 5.32 Å². The van der Waals surface area contributed by atoms with Gasteiger partial charge in [0.15, 0.2) is 14.8 Å². The Morgan fingerprint density at radius 1 is 1.07 bits per heavy atom. The van der Waals surface area contributed by atoms with Crippen molar-refractivity contribution >= 4 is 37.9 Å². The first kappa shape index (κ1) is 20.2. The Morgan fingerprint density at radius 2 is 1.67 bits per heavy atom. The fourth-order valence-corrected chi connectivity index (χ4v) is 4.88. The Hall–Kier alpha value is -3.11. The first-order chi connectivity index (χ1) is 14.3. The standard InChI is InChI=1S/C20H15F2N3O3S2/c1-12(30(27,28)16-8-6-15(22)7-9-16)19(26)24-18-17(13-2-4-14(21)5-3-13)23-20-25(18)10-11-29-20/h2-12H,1H3,(H,24,26). The number of hydrogen-bond donors (Lipinski definition) is 1. The number of fused-ring (bicyclic) bond motifs is 1. The highest BCUT2D eigenvalue weighted by Crippen LogP contribution is 2.31. The first-order valence-corrected chi connectivity index (χ1v) is 11.2. The maximum Gasteiger partial charge on any atom is 0.243 e. The minimum atomic E-state index is -4.04. The third kappa shape index (κ3) is 3.59. The third-order valence-corrected chi connectivity index (χ3v) is 7.43. The largest absolute Gasteiger partial charge is 0.309 e. The van der Waals surface area contributed by atoms with E-state index in [-0.39, 0.29) is 10.7 Å². The predicted octanol–water partition coefficient (Wildman–Crippen LogP) is 4.14. The van der Waals surface area contributed by atoms with E-state index in [1.165, 1.54) is 42.5 Å². The SMILES string of the molecule is CC(C(=O)Nc1c(-c2ccc(F)cc2)nc2sccn12)S(=O)(=O)c1ccc(F)cc1. The molecule has 0 spiro atoms. The van der Waals surface area contributed by atoms with E-state index in [1.54, 1.807) is 16.0 Å². The smallest absolute Gasteiger partial charge is 0.243 e. The molecule has 2 aromatic carbocycles. The second kappa shape index (κ2) is 7.62. The third-order valence-electron chi connectivity index (χ3n) is 4.60. The maximum absolute atomic E-state index is 13.3. The van der Waals surface area contributed by atoms with Crippen LogP contribution in [0.25, 0.3) is 16.2 Å². The molecular weight excluding hydrogens is 432 g/mol. The number of carbonyl (C=O) groups excluding carboxylic acids is 1. The molecule has 2 aromatic heterocycles. The molecule has 0 saturated carbocycles. The van der Waals surface area contributed by atoms with Gasteiger partial charge in [-0.25, -0.2) is 22.2 Å². The molecule has 4 aromatic rings. The number of amides is 1. The molecule has 0 radical (unpaired) electrons. The molecule has 0 bridgehead atoms. The molecule has 30 heavy (non-hydrogen) atoms. The van der Waals surface area contributed by atoms with Crippen LogP contribution in [0.3, 0.4) is 0 Å². The number of carbonyl (C=O) groups is 1. The first-order valence-electron chi connectivity index (χ1n) is 8.79. The topological polar surface area (TPSA) is 80.5 Å². The van der Waals surface area contributed by atoms with Crippen molar-refractivity contribution in [3.63, 3.8) is 0 Å². The Kier molecular flexibility index (Phi) is 5.12. The highest BCUT2D eigenvalue weighted by Gasteiger charge is 2.31. The Balaban J connectivity index is 1.69. The van der Waals surface area contributed by atoms with Crippen LogP contribution in [-0.2, 0) is 14.6 Å². The summed E-state index contributed by atoms with van der Waals surface area (Å²) in [4.78, 5) is 17.7. The van der Waals surface area contributed by atoms with Crippen molar-refractivity contribution in [1.29, 1.82) is 0 Å². The zero-order valence-corrected chi connectivity index (χ0v) is 17.2. The van der Waals surface area contributed by atoms with Crippen molar-refractivity contribution in [2.75, 3.05) is 5.32 Å². The van der Waals surface area contributed by atoms with Crippen molar-refractivity contribution < 1.29 is 22.0 Å². The van der Waals surface area contributed by atoms with Gasteiger partial charge in [0.2, 0.25) is 5.91 Å². The second-order valence-corrected chi connectivity index (χ2v) is 9.64. The summed E-state index contributed by atoms with van der Waals surface area (Å²) in [5.41, 5.74) is 0.957. The summed E-state index contributed by atoms with van der Waals surface area (Å²) in [7, 11) is -4.04. The monoisotopic (exact) mass is 447 g/mol. The van der Waals surface area contributed by atoms with E-state index in [0.29, 0.717) is 16.2 Å². The molecular formula is C20H15F2N3O3S2. The molecule has 1 atom stereocenters. The molecule has 1 amide bonds. The van der Waals surface area contributed by atoms with Gasteiger partial charge in [-0.3, -0.25) is 9.20 Å². The molecule has 0 saturated heterocycles. The molecule has 2 heterocycles. The van der Waals surface area contributed by atoms with E-state index in [9.17, 15) is 22.0 Å². The fraction of sp³-hybridized carbons (Fsp3) is 0.100. The van der Waals surface area contributed by atoms with Gasteiger partial charge in [-0.05, 0) is 55.5 Å². The fourth-order valence-electron chi connectivity index (χ4n) is 2.90. The Morgan fingerprint density at radius 3 is 2.30 bits per heavy atom. The minimum absolute atomic E-state index is 0.153. The lowest BCUT2D eigenvalue weighted by atomic mass is 10.1. The van der Waals surface area contributed by atoms with Gasteiger partial charge in [-0.15, -0.1) is 11.3 Å². The number of nitrogens with zero attached hydrogens (tertiary/aromatic N) is 2. The second-order valence-electron chi connectivity index (χ2n) is 6.50. The molecule has 0 aliphatic carbocycles. The summed E-state index contributed by atoms with van der Waals surface area (Å²) in [6.07, 6.45) is 1.69. The lowest BCUT2D eigenvalue weighted by molar-refractivity contribution is -0.115. The number of sulfone groups is 1. The molecule has 0 aliphatic rings. The highest BCUT2D eigenvalue weighted by molar-refractivity contribution is 7.92. The quantitative estimate of drug-likeness (QED) is 0.466. The van der Waals surface area contributed by atoms with Crippen LogP contribution in [0.15, 0.2) is 65.0 Å². The van der Waals surface area contributed by atoms with Crippen molar-refractivity contribution in [2.24, 2.45) is 0 Å². The molecule has 1 unspecified atom stereocenters. The van der Waals surface area contributed by atoms with Crippen molar-refractivity contribution in [3.05, 3.63) is 71.7 Å². The number of rotatable bonds is 5. The summed E-state index contributed by atoms with van der Waals surface area (Å²) in [6, 6.07) is 9.88. The summed E-state index contributed by atoms with van der Waals surface area (Å²) in [6.45, 7) is 1.26. The van der Waals surface area contributed by atoms with Crippen LogP contribution in [0.1, 0.15) is 6.92 Å². The average Bonchev–Trinajstić information content (AvgIpc) is 3.31. The van der Waals surface area contributed by atoms with E-state index >= 15 is 0 Å². The highest BCUT2D eigenvalue weighted by atomic mass is 32.2. The zero-order chi connectivity index (χ0) is 21.5.